The Balaban J connectivity index is 1.78. The van der Waals surface area contributed by atoms with Crippen molar-refractivity contribution in [3.05, 3.63) is 64.8 Å². The molecule has 3 rings (SSSR count). The number of sulfone groups is 1. The summed E-state index contributed by atoms with van der Waals surface area (Å²) >= 11 is 0. The molecular formula is C22H24N2O4S. The van der Waals surface area contributed by atoms with Crippen LogP contribution < -0.4 is 5.32 Å². The number of hydrogen-bond donors (Lipinski definition) is 1. The van der Waals surface area contributed by atoms with Crippen LogP contribution in [0.2, 0.25) is 0 Å². The van der Waals surface area contributed by atoms with Crippen molar-refractivity contribution in [1.82, 2.24) is 5.16 Å². The van der Waals surface area contributed by atoms with E-state index < -0.39 is 9.84 Å². The molecule has 0 aliphatic carbocycles. The Morgan fingerprint density at radius 2 is 1.76 bits per heavy atom. The van der Waals surface area contributed by atoms with Gasteiger partial charge in [0.2, 0.25) is 5.91 Å². The highest BCUT2D eigenvalue weighted by Crippen LogP contribution is 2.29. The van der Waals surface area contributed by atoms with Crippen molar-refractivity contribution in [2.75, 3.05) is 11.1 Å². The molecule has 0 spiro atoms. The zero-order chi connectivity index (χ0) is 21.2. The lowest BCUT2D eigenvalue weighted by atomic mass is 10.1. The van der Waals surface area contributed by atoms with Gasteiger partial charge in [0.05, 0.1) is 16.3 Å². The van der Waals surface area contributed by atoms with Crippen LogP contribution in [-0.2, 0) is 14.6 Å². The van der Waals surface area contributed by atoms with Crippen LogP contribution in [-0.4, -0.2) is 25.2 Å². The van der Waals surface area contributed by atoms with E-state index in [4.69, 9.17) is 4.52 Å². The van der Waals surface area contributed by atoms with Crippen LogP contribution in [0.1, 0.15) is 28.8 Å². The van der Waals surface area contributed by atoms with E-state index in [1.165, 1.54) is 0 Å². The van der Waals surface area contributed by atoms with Crippen molar-refractivity contribution >= 4 is 21.4 Å². The van der Waals surface area contributed by atoms with Gasteiger partial charge >= 0.3 is 0 Å². The average molecular weight is 413 g/mol. The maximum Gasteiger partial charge on any atom is 0.225 e. The van der Waals surface area contributed by atoms with Crippen molar-refractivity contribution in [2.45, 2.75) is 39.0 Å². The number of nitrogens with one attached hydrogen (secondary N) is 1. The summed E-state index contributed by atoms with van der Waals surface area (Å²) < 4.78 is 31.2. The Morgan fingerprint density at radius 3 is 2.41 bits per heavy atom. The van der Waals surface area contributed by atoms with E-state index in [9.17, 15) is 13.2 Å². The fourth-order valence-corrected chi connectivity index (χ4v) is 4.56. The molecule has 0 aliphatic rings. The van der Waals surface area contributed by atoms with Gasteiger partial charge in [0.1, 0.15) is 0 Å². The topological polar surface area (TPSA) is 89.3 Å². The molecule has 0 unspecified atom stereocenters. The Hall–Kier alpha value is -2.93. The number of hydrogen-bond acceptors (Lipinski definition) is 5. The zero-order valence-electron chi connectivity index (χ0n) is 16.9. The summed E-state index contributed by atoms with van der Waals surface area (Å²) in [5.41, 5.74) is 4.51. The summed E-state index contributed by atoms with van der Waals surface area (Å²) in [4.78, 5) is 12.5. The fraction of sp³-hybridized carbons (Fsp3) is 0.273. The lowest BCUT2D eigenvalue weighted by Gasteiger charge is -2.11. The Labute approximate surface area is 170 Å². The van der Waals surface area contributed by atoms with Gasteiger partial charge in [-0.2, -0.15) is 0 Å². The van der Waals surface area contributed by atoms with Crippen molar-refractivity contribution in [1.29, 1.82) is 0 Å². The highest BCUT2D eigenvalue weighted by Gasteiger charge is 2.21. The Bertz CT molecular complexity index is 1160. The first kappa shape index (κ1) is 20.8. The van der Waals surface area contributed by atoms with E-state index >= 15 is 0 Å². The molecule has 29 heavy (non-hydrogen) atoms. The quantitative estimate of drug-likeness (QED) is 0.649. The first-order valence-electron chi connectivity index (χ1n) is 9.31. The lowest BCUT2D eigenvalue weighted by molar-refractivity contribution is -0.115. The van der Waals surface area contributed by atoms with Crippen LogP contribution in [0.5, 0.6) is 0 Å². The molecule has 1 N–H and O–H groups in total. The average Bonchev–Trinajstić information content (AvgIpc) is 3.01. The van der Waals surface area contributed by atoms with Gasteiger partial charge in [-0.05, 0) is 51.0 Å². The molecule has 6 nitrogen and oxygen atoms in total. The summed E-state index contributed by atoms with van der Waals surface area (Å²) in [6.07, 6.45) is -0.124. The minimum absolute atomic E-state index is 0.124. The summed E-state index contributed by atoms with van der Waals surface area (Å²) in [6, 6.07) is 12.5. The molecule has 0 saturated heterocycles. The van der Waals surface area contributed by atoms with Gasteiger partial charge < -0.3 is 9.84 Å². The van der Waals surface area contributed by atoms with Crippen LogP contribution in [0, 0.1) is 27.7 Å². The van der Waals surface area contributed by atoms with Gasteiger partial charge in [-0.25, -0.2) is 8.42 Å². The number of aromatic nitrogens is 1. The van der Waals surface area contributed by atoms with Gasteiger partial charge in [-0.3, -0.25) is 4.79 Å². The SMILES string of the molecule is Cc1ccccc1NC(=O)CCS(=O)(=O)c1cc(-c2onc(C)c2C)ccc1C. The molecule has 7 heteroatoms. The van der Waals surface area contributed by atoms with E-state index in [2.05, 4.69) is 10.5 Å². The van der Waals surface area contributed by atoms with Crippen LogP contribution in [0.3, 0.4) is 0 Å². The molecule has 0 atom stereocenters. The molecule has 1 heterocycles. The number of amides is 1. The minimum Gasteiger partial charge on any atom is -0.356 e. The molecule has 2 aromatic carbocycles. The normalized spacial score (nSPS) is 11.4. The van der Waals surface area contributed by atoms with Crippen LogP contribution in [0.15, 0.2) is 51.9 Å². The van der Waals surface area contributed by atoms with Gasteiger partial charge in [0, 0.05) is 23.2 Å². The zero-order valence-corrected chi connectivity index (χ0v) is 17.8. The third-order valence-corrected chi connectivity index (χ3v) is 6.81. The maximum atomic E-state index is 12.9. The van der Waals surface area contributed by atoms with Crippen molar-refractivity contribution in [3.63, 3.8) is 0 Å². The number of rotatable bonds is 6. The van der Waals surface area contributed by atoms with Gasteiger partial charge in [-0.1, -0.05) is 35.5 Å². The molecule has 0 radical (unpaired) electrons. The smallest absolute Gasteiger partial charge is 0.225 e. The highest BCUT2D eigenvalue weighted by molar-refractivity contribution is 7.91. The monoisotopic (exact) mass is 412 g/mol. The van der Waals surface area contributed by atoms with E-state index in [0.717, 1.165) is 16.8 Å². The van der Waals surface area contributed by atoms with E-state index in [-0.39, 0.29) is 23.0 Å². The summed E-state index contributed by atoms with van der Waals surface area (Å²) in [7, 11) is -3.65. The fourth-order valence-electron chi connectivity index (χ4n) is 3.02. The predicted octanol–water partition coefficient (Wildman–Crippen LogP) is 4.38. The number of anilines is 1. The summed E-state index contributed by atoms with van der Waals surface area (Å²) in [5, 5.41) is 6.71. The number of carbonyl (C=O) groups excluding carboxylic acids is 1. The number of carbonyl (C=O) groups is 1. The second-order valence-corrected chi connectivity index (χ2v) is 9.21. The number of benzene rings is 2. The number of nitrogens with zero attached hydrogens (tertiary/aromatic N) is 1. The first-order chi connectivity index (χ1) is 13.7. The van der Waals surface area contributed by atoms with E-state index in [1.54, 1.807) is 25.1 Å². The maximum absolute atomic E-state index is 12.9. The van der Waals surface area contributed by atoms with Crippen molar-refractivity contribution in [2.24, 2.45) is 0 Å². The standard InChI is InChI=1S/C22H24N2O4S/c1-14-7-5-6-8-19(14)23-21(25)11-12-29(26,27)20-13-18(10-9-15(20)2)22-16(3)17(4)24-28-22/h5-10,13H,11-12H2,1-4H3,(H,23,25). The second-order valence-electron chi connectivity index (χ2n) is 7.13. The summed E-state index contributed by atoms with van der Waals surface area (Å²) in [6.45, 7) is 7.34. The molecule has 152 valence electrons. The molecule has 3 aromatic rings. The van der Waals surface area contributed by atoms with E-state index in [1.807, 2.05) is 45.0 Å². The number of aryl methyl sites for hydroxylation is 3. The van der Waals surface area contributed by atoms with Gasteiger partial charge in [0.15, 0.2) is 15.6 Å². The lowest BCUT2D eigenvalue weighted by Crippen LogP contribution is -2.18. The van der Waals surface area contributed by atoms with Gasteiger partial charge in [0.25, 0.3) is 0 Å². The third-order valence-electron chi connectivity index (χ3n) is 4.96. The van der Waals surface area contributed by atoms with E-state index in [0.29, 0.717) is 22.6 Å². The molecule has 0 bridgehead atoms. The van der Waals surface area contributed by atoms with Crippen molar-refractivity contribution in [3.8, 4) is 11.3 Å². The van der Waals surface area contributed by atoms with Gasteiger partial charge in [-0.15, -0.1) is 0 Å². The minimum atomic E-state index is -3.65. The van der Waals surface area contributed by atoms with Crippen LogP contribution >= 0.6 is 0 Å². The Kier molecular flexibility index (Phi) is 5.88. The third kappa shape index (κ3) is 4.56. The molecule has 0 fully saturated rings. The molecule has 0 aliphatic heterocycles. The molecule has 0 saturated carbocycles. The molecule has 1 amide bonds. The van der Waals surface area contributed by atoms with Crippen molar-refractivity contribution < 1.29 is 17.7 Å². The number of para-hydroxylation sites is 1. The first-order valence-corrected chi connectivity index (χ1v) is 11.0. The molecule has 1 aromatic heterocycles. The second kappa shape index (κ2) is 8.21. The Morgan fingerprint density at radius 1 is 1.03 bits per heavy atom. The van der Waals surface area contributed by atoms with Crippen LogP contribution in [0.25, 0.3) is 11.3 Å². The molecular weight excluding hydrogens is 388 g/mol. The van der Waals surface area contributed by atoms with Crippen LogP contribution in [0.4, 0.5) is 5.69 Å². The summed E-state index contributed by atoms with van der Waals surface area (Å²) in [5.74, 6) is -0.0571. The predicted molar refractivity (Wildman–Crippen MR) is 113 cm³/mol. The largest absolute Gasteiger partial charge is 0.356 e. The highest BCUT2D eigenvalue weighted by atomic mass is 32.2.